The Bertz CT molecular complexity index is 703. The first-order valence-electron chi connectivity index (χ1n) is 13.4. The van der Waals surface area contributed by atoms with Crippen LogP contribution in [0.5, 0.6) is 0 Å². The van der Waals surface area contributed by atoms with E-state index in [0.29, 0.717) is 24.1 Å². The van der Waals surface area contributed by atoms with Gasteiger partial charge in [0.15, 0.2) is 29.7 Å². The lowest BCUT2D eigenvalue weighted by molar-refractivity contribution is -0.874. The monoisotopic (exact) mass is 563 g/mol. The lowest BCUT2D eigenvalue weighted by Crippen LogP contribution is -2.53. The highest BCUT2D eigenvalue weighted by Crippen LogP contribution is 2.25. The van der Waals surface area contributed by atoms with Gasteiger partial charge in [-0.15, -0.1) is 0 Å². The molecule has 0 radical (unpaired) electrons. The maximum absolute atomic E-state index is 12.4. The summed E-state index contributed by atoms with van der Waals surface area (Å²) in [5.74, 6) is -0.0451. The third-order valence-electron chi connectivity index (χ3n) is 5.65. The zero-order valence-corrected chi connectivity index (χ0v) is 27.8. The predicted octanol–water partition coefficient (Wildman–Crippen LogP) is 3.16. The Morgan fingerprint density at radius 3 is 1.47 bits per heavy atom. The molecule has 0 aliphatic heterocycles. The molecule has 0 aliphatic rings. The van der Waals surface area contributed by atoms with Crippen LogP contribution in [0, 0.1) is 0 Å². The SMILES string of the molecule is CCCCNC(=O)C[N+](C)(C)CC(=O)NCCC[Si](C)(C)O[Si](C)(C)O[Si](C)(C)CCCNC(C)=O. The van der Waals surface area contributed by atoms with Crippen LogP contribution in [0.25, 0.3) is 0 Å². The summed E-state index contributed by atoms with van der Waals surface area (Å²) in [4.78, 5) is 35.6. The summed E-state index contributed by atoms with van der Waals surface area (Å²) in [6, 6.07) is 1.92. The van der Waals surface area contributed by atoms with Crippen molar-refractivity contribution in [1.82, 2.24) is 16.0 Å². The molecule has 9 nitrogen and oxygen atoms in total. The third-order valence-corrected chi connectivity index (χ3v) is 17.1. The number of nitrogens with zero attached hydrogens (tertiary/aromatic N) is 1. The van der Waals surface area contributed by atoms with Gasteiger partial charge in [-0.1, -0.05) is 13.3 Å². The highest BCUT2D eigenvalue weighted by Gasteiger charge is 2.39. The fourth-order valence-electron chi connectivity index (χ4n) is 4.32. The fourth-order valence-corrected chi connectivity index (χ4v) is 18.4. The molecule has 3 N–H and O–H groups in total. The van der Waals surface area contributed by atoms with Crippen molar-refractivity contribution in [3.8, 4) is 0 Å². The number of amides is 3. The van der Waals surface area contributed by atoms with Gasteiger partial charge in [0, 0.05) is 26.6 Å². The van der Waals surface area contributed by atoms with Gasteiger partial charge in [0.2, 0.25) is 5.91 Å². The van der Waals surface area contributed by atoms with Gasteiger partial charge in [-0.25, -0.2) is 0 Å². The summed E-state index contributed by atoms with van der Waals surface area (Å²) < 4.78 is 13.6. The molecule has 0 aromatic heterocycles. The Morgan fingerprint density at radius 1 is 0.694 bits per heavy atom. The second-order valence-electron chi connectivity index (χ2n) is 12.1. The van der Waals surface area contributed by atoms with E-state index in [-0.39, 0.29) is 30.8 Å². The number of carbonyl (C=O) groups excluding carboxylic acids is 3. The van der Waals surface area contributed by atoms with Crippen LogP contribution in [0.1, 0.15) is 39.5 Å². The molecule has 0 rings (SSSR count). The van der Waals surface area contributed by atoms with E-state index in [0.717, 1.165) is 37.8 Å². The number of quaternary nitrogens is 1. The molecule has 12 heteroatoms. The zero-order valence-electron chi connectivity index (χ0n) is 24.8. The summed E-state index contributed by atoms with van der Waals surface area (Å²) in [5, 5.41) is 8.78. The van der Waals surface area contributed by atoms with Gasteiger partial charge in [-0.3, -0.25) is 14.4 Å². The molecule has 0 atom stereocenters. The van der Waals surface area contributed by atoms with Gasteiger partial charge < -0.3 is 28.7 Å². The van der Waals surface area contributed by atoms with Gasteiger partial charge in [-0.05, 0) is 70.6 Å². The molecule has 3 amide bonds. The number of unbranched alkanes of at least 4 members (excludes halogenated alkanes) is 1. The van der Waals surface area contributed by atoms with Crippen LogP contribution >= 0.6 is 0 Å². The van der Waals surface area contributed by atoms with E-state index in [1.807, 2.05) is 14.1 Å². The molecule has 0 saturated carbocycles. The van der Waals surface area contributed by atoms with Crippen molar-refractivity contribution in [2.24, 2.45) is 0 Å². The minimum absolute atomic E-state index is 0.00496. The Labute approximate surface area is 223 Å². The van der Waals surface area contributed by atoms with E-state index in [1.54, 1.807) is 0 Å². The van der Waals surface area contributed by atoms with Crippen LogP contribution in [0.4, 0.5) is 0 Å². The van der Waals surface area contributed by atoms with E-state index in [4.69, 9.17) is 8.23 Å². The second-order valence-corrected chi connectivity index (χ2v) is 24.6. The van der Waals surface area contributed by atoms with E-state index in [9.17, 15) is 14.4 Å². The third kappa shape index (κ3) is 19.1. The Kier molecular flexibility index (Phi) is 15.6. The van der Waals surface area contributed by atoms with Gasteiger partial charge >= 0.3 is 8.56 Å². The maximum atomic E-state index is 12.4. The molecule has 0 aromatic carbocycles. The average Bonchev–Trinajstić information content (AvgIpc) is 2.66. The highest BCUT2D eigenvalue weighted by molar-refractivity contribution is 6.87. The molecular formula is C24H55N4O5Si3+. The maximum Gasteiger partial charge on any atom is 0.311 e. The molecule has 0 saturated heterocycles. The minimum atomic E-state index is -2.29. The summed E-state index contributed by atoms with van der Waals surface area (Å²) >= 11 is 0. The van der Waals surface area contributed by atoms with Crippen molar-refractivity contribution < 1.29 is 27.1 Å². The van der Waals surface area contributed by atoms with Gasteiger partial charge in [-0.2, -0.15) is 0 Å². The van der Waals surface area contributed by atoms with Crippen molar-refractivity contribution >= 4 is 42.9 Å². The van der Waals surface area contributed by atoms with Crippen LogP contribution in [0.2, 0.25) is 51.4 Å². The largest absolute Gasteiger partial charge is 0.437 e. The molecule has 0 fully saturated rings. The molecule has 0 aliphatic carbocycles. The lowest BCUT2D eigenvalue weighted by atomic mass is 10.3. The van der Waals surface area contributed by atoms with E-state index in [2.05, 4.69) is 62.2 Å². The zero-order chi connectivity index (χ0) is 28.0. The first-order valence-corrected chi connectivity index (χ1v) is 22.4. The standard InChI is InChI=1S/C24H54N4O5Si3/c1-11-12-15-26-23(30)20-28(3,4)21-24(31)27-17-14-19-35(7,8)33-36(9,10)32-34(5,6)18-13-16-25-22(2)29/h11-21H2,1-10H3,(H2-,25,26,27,29,30,31)/p+1. The van der Waals surface area contributed by atoms with Crippen molar-refractivity contribution in [2.75, 3.05) is 46.8 Å². The van der Waals surface area contributed by atoms with Crippen LogP contribution in [-0.4, -0.2) is 94.2 Å². The first-order chi connectivity index (χ1) is 16.4. The summed E-state index contributed by atoms with van der Waals surface area (Å²) in [5.41, 5.74) is 0. The summed E-state index contributed by atoms with van der Waals surface area (Å²) in [6.07, 6.45) is 3.79. The minimum Gasteiger partial charge on any atom is -0.437 e. The number of hydrogen-bond acceptors (Lipinski definition) is 5. The lowest BCUT2D eigenvalue weighted by Gasteiger charge is -2.39. The Hall–Kier alpha value is -1.06. The van der Waals surface area contributed by atoms with E-state index in [1.165, 1.54) is 6.92 Å². The Balaban J connectivity index is 4.42. The molecular weight excluding hydrogens is 509 g/mol. The molecule has 0 unspecified atom stereocenters. The highest BCUT2D eigenvalue weighted by atomic mass is 28.5. The van der Waals surface area contributed by atoms with E-state index < -0.39 is 25.2 Å². The molecule has 36 heavy (non-hydrogen) atoms. The summed E-state index contributed by atoms with van der Waals surface area (Å²) in [7, 11) is -2.33. The molecule has 0 aromatic rings. The average molecular weight is 564 g/mol. The normalized spacial score (nSPS) is 12.8. The van der Waals surface area contributed by atoms with Crippen LogP contribution in [0.15, 0.2) is 0 Å². The van der Waals surface area contributed by atoms with Gasteiger partial charge in [0.1, 0.15) is 0 Å². The first kappa shape index (κ1) is 34.9. The van der Waals surface area contributed by atoms with Gasteiger partial charge in [0.05, 0.1) is 14.1 Å². The van der Waals surface area contributed by atoms with Crippen molar-refractivity contribution in [2.45, 2.75) is 90.9 Å². The topological polar surface area (TPSA) is 106 Å². The molecule has 0 bridgehead atoms. The molecule has 0 heterocycles. The van der Waals surface area contributed by atoms with Crippen LogP contribution in [0.3, 0.4) is 0 Å². The number of likely N-dealkylation sites (N-methyl/N-ethyl adjacent to an activating group) is 1. The molecule has 0 spiro atoms. The van der Waals surface area contributed by atoms with Crippen LogP contribution in [-0.2, 0) is 22.6 Å². The number of carbonyl (C=O) groups is 3. The van der Waals surface area contributed by atoms with Gasteiger partial charge in [0.25, 0.3) is 11.8 Å². The number of rotatable bonds is 19. The quantitative estimate of drug-likeness (QED) is 0.127. The van der Waals surface area contributed by atoms with E-state index >= 15 is 0 Å². The smallest absolute Gasteiger partial charge is 0.311 e. The number of nitrogens with one attached hydrogen (secondary N) is 3. The Morgan fingerprint density at radius 2 is 1.08 bits per heavy atom. The van der Waals surface area contributed by atoms with Crippen molar-refractivity contribution in [3.05, 3.63) is 0 Å². The summed E-state index contributed by atoms with van der Waals surface area (Å²) in [6.45, 7) is 19.3. The van der Waals surface area contributed by atoms with Crippen molar-refractivity contribution in [1.29, 1.82) is 0 Å². The van der Waals surface area contributed by atoms with Crippen LogP contribution < -0.4 is 16.0 Å². The second kappa shape index (κ2) is 16.0. The molecule has 212 valence electrons. The number of hydrogen-bond donors (Lipinski definition) is 3. The fraction of sp³-hybridized carbons (Fsp3) is 0.875. The van der Waals surface area contributed by atoms with Crippen molar-refractivity contribution in [3.63, 3.8) is 0 Å². The predicted molar refractivity (Wildman–Crippen MR) is 155 cm³/mol.